The average Bonchev–Trinajstić information content (AvgIpc) is 3.40. The van der Waals surface area contributed by atoms with Gasteiger partial charge >= 0.3 is 11.4 Å². The third-order valence-electron chi connectivity index (χ3n) is 6.46. The van der Waals surface area contributed by atoms with Gasteiger partial charge in [-0.25, -0.2) is 4.98 Å². The van der Waals surface area contributed by atoms with Gasteiger partial charge in [-0.05, 0) is 25.5 Å². The minimum absolute atomic E-state index is 0.223. The summed E-state index contributed by atoms with van der Waals surface area (Å²) >= 11 is 0. The van der Waals surface area contributed by atoms with Crippen LogP contribution in [0.3, 0.4) is 0 Å². The Balaban J connectivity index is 1.67. The Kier molecular flexibility index (Phi) is 6.90. The van der Waals surface area contributed by atoms with E-state index in [1.54, 1.807) is 19.1 Å². The van der Waals surface area contributed by atoms with Crippen LogP contribution in [0, 0.1) is 34.1 Å². The lowest BCUT2D eigenvalue weighted by Gasteiger charge is -2.13. The second-order valence-electron chi connectivity index (χ2n) is 9.20. The molecule has 5 aromatic rings. The SMILES string of the molecule is Cc1ccc(Nc2c([N+](=O)[O-])cc(C(=O)n3cnc(-c4ccccc4)c3-c3ccccc3)cc2[N+](=O)[O-])c(C)c1. The van der Waals surface area contributed by atoms with Crippen molar-refractivity contribution in [1.29, 1.82) is 0 Å². The number of imidazole rings is 1. The van der Waals surface area contributed by atoms with Crippen molar-refractivity contribution in [3.05, 3.63) is 134 Å². The highest BCUT2D eigenvalue weighted by Crippen LogP contribution is 2.39. The number of aryl methyl sites for hydroxylation is 2. The molecule has 0 spiro atoms. The van der Waals surface area contributed by atoms with Gasteiger partial charge in [0.2, 0.25) is 0 Å². The van der Waals surface area contributed by atoms with Crippen molar-refractivity contribution in [3.63, 3.8) is 0 Å². The van der Waals surface area contributed by atoms with Gasteiger partial charge in [0.15, 0.2) is 5.69 Å². The largest absolute Gasteiger partial charge is 0.344 e. The van der Waals surface area contributed by atoms with Gasteiger partial charge in [-0.1, -0.05) is 78.4 Å². The first-order valence-electron chi connectivity index (χ1n) is 12.3. The van der Waals surface area contributed by atoms with E-state index in [9.17, 15) is 25.0 Å². The molecule has 0 radical (unpaired) electrons. The fourth-order valence-electron chi connectivity index (χ4n) is 4.56. The fourth-order valence-corrected chi connectivity index (χ4v) is 4.56. The van der Waals surface area contributed by atoms with Crippen molar-refractivity contribution in [2.24, 2.45) is 0 Å². The Morgan fingerprint density at radius 1 is 0.800 bits per heavy atom. The Labute approximate surface area is 228 Å². The Morgan fingerprint density at radius 3 is 1.93 bits per heavy atom. The standard InChI is InChI=1S/C30H23N5O5/c1-19-13-14-24(20(2)15-19)32-28-25(34(37)38)16-23(17-26(28)35(39)40)30(36)33-18-31-27(21-9-5-3-6-10-21)29(33)22-11-7-4-8-12-22/h3-18,32H,1-2H3. The third-order valence-corrected chi connectivity index (χ3v) is 6.46. The number of rotatable bonds is 7. The summed E-state index contributed by atoms with van der Waals surface area (Å²) in [5, 5.41) is 27.1. The minimum atomic E-state index is -0.739. The van der Waals surface area contributed by atoms with Crippen LogP contribution in [0.1, 0.15) is 21.5 Å². The number of anilines is 2. The summed E-state index contributed by atoms with van der Waals surface area (Å²) in [4.78, 5) is 41.1. The van der Waals surface area contributed by atoms with E-state index in [0.29, 0.717) is 22.6 Å². The quantitative estimate of drug-likeness (QED) is 0.174. The van der Waals surface area contributed by atoms with Gasteiger partial charge in [-0.3, -0.25) is 29.6 Å². The van der Waals surface area contributed by atoms with E-state index in [2.05, 4.69) is 10.3 Å². The first-order valence-corrected chi connectivity index (χ1v) is 12.3. The number of hydrogen-bond donors (Lipinski definition) is 1. The highest BCUT2D eigenvalue weighted by molar-refractivity contribution is 6.02. The van der Waals surface area contributed by atoms with Gasteiger partial charge in [0.1, 0.15) is 6.33 Å². The first-order chi connectivity index (χ1) is 19.2. The Hall–Kier alpha value is -5.64. The molecule has 10 heteroatoms. The molecule has 0 aliphatic heterocycles. The molecule has 198 valence electrons. The maximum atomic E-state index is 13.9. The Bertz CT molecular complexity index is 1730. The Morgan fingerprint density at radius 2 is 1.38 bits per heavy atom. The van der Waals surface area contributed by atoms with Crippen LogP contribution in [-0.4, -0.2) is 25.3 Å². The van der Waals surface area contributed by atoms with Gasteiger partial charge in [0.25, 0.3) is 5.91 Å². The molecule has 0 aliphatic carbocycles. The monoisotopic (exact) mass is 533 g/mol. The van der Waals surface area contributed by atoms with Crippen LogP contribution >= 0.6 is 0 Å². The molecule has 5 rings (SSSR count). The molecule has 0 fully saturated rings. The molecule has 0 saturated carbocycles. The third kappa shape index (κ3) is 4.93. The van der Waals surface area contributed by atoms with E-state index in [0.717, 1.165) is 28.8 Å². The lowest BCUT2D eigenvalue weighted by molar-refractivity contribution is -0.392. The van der Waals surface area contributed by atoms with Crippen molar-refractivity contribution in [2.75, 3.05) is 5.32 Å². The van der Waals surface area contributed by atoms with E-state index in [1.165, 1.54) is 10.9 Å². The molecule has 1 heterocycles. The summed E-state index contributed by atoms with van der Waals surface area (Å²) in [7, 11) is 0. The van der Waals surface area contributed by atoms with Crippen molar-refractivity contribution in [1.82, 2.24) is 9.55 Å². The van der Waals surface area contributed by atoms with Crippen LogP contribution in [-0.2, 0) is 0 Å². The van der Waals surface area contributed by atoms with Crippen LogP contribution < -0.4 is 5.32 Å². The van der Waals surface area contributed by atoms with Crippen molar-refractivity contribution in [3.8, 4) is 22.5 Å². The van der Waals surface area contributed by atoms with E-state index in [4.69, 9.17) is 0 Å². The van der Waals surface area contributed by atoms with Gasteiger partial charge < -0.3 is 5.32 Å². The minimum Gasteiger partial charge on any atom is -0.344 e. The summed E-state index contributed by atoms with van der Waals surface area (Å²) in [6, 6.07) is 25.8. The van der Waals surface area contributed by atoms with E-state index in [1.807, 2.05) is 73.7 Å². The number of nitro groups is 2. The molecule has 1 N–H and O–H groups in total. The van der Waals surface area contributed by atoms with Crippen LogP contribution in [0.25, 0.3) is 22.5 Å². The number of carbonyl (C=O) groups excluding carboxylic acids is 1. The number of nitrogens with zero attached hydrogens (tertiary/aromatic N) is 4. The molecule has 0 saturated heterocycles. The topological polar surface area (TPSA) is 133 Å². The number of nitrogens with one attached hydrogen (secondary N) is 1. The zero-order chi connectivity index (χ0) is 28.4. The molecule has 0 aliphatic rings. The van der Waals surface area contributed by atoms with E-state index in [-0.39, 0.29) is 11.3 Å². The number of hydrogen-bond acceptors (Lipinski definition) is 7. The molecular formula is C30H23N5O5. The molecule has 40 heavy (non-hydrogen) atoms. The average molecular weight is 534 g/mol. The van der Waals surface area contributed by atoms with Crippen LogP contribution in [0.15, 0.2) is 97.3 Å². The number of carbonyl (C=O) groups is 1. The molecule has 0 bridgehead atoms. The summed E-state index contributed by atoms with van der Waals surface area (Å²) < 4.78 is 1.26. The molecule has 1 aromatic heterocycles. The fraction of sp³-hybridized carbons (Fsp3) is 0.0667. The maximum Gasteiger partial charge on any atom is 0.300 e. The highest BCUT2D eigenvalue weighted by atomic mass is 16.6. The van der Waals surface area contributed by atoms with Gasteiger partial charge in [-0.15, -0.1) is 0 Å². The van der Waals surface area contributed by atoms with Gasteiger partial charge in [0, 0.05) is 28.9 Å². The van der Waals surface area contributed by atoms with Crippen LogP contribution in [0.4, 0.5) is 22.7 Å². The smallest absolute Gasteiger partial charge is 0.300 e. The summed E-state index contributed by atoms with van der Waals surface area (Å²) in [6.45, 7) is 3.68. The molecule has 0 atom stereocenters. The van der Waals surface area contributed by atoms with Crippen molar-refractivity contribution >= 4 is 28.7 Å². The van der Waals surface area contributed by atoms with Crippen LogP contribution in [0.2, 0.25) is 0 Å². The molecule has 10 nitrogen and oxygen atoms in total. The summed E-state index contributed by atoms with van der Waals surface area (Å²) in [5.74, 6) is -0.696. The first kappa shape index (κ1) is 26.0. The van der Waals surface area contributed by atoms with E-state index >= 15 is 0 Å². The zero-order valence-electron chi connectivity index (χ0n) is 21.6. The number of aromatic nitrogens is 2. The van der Waals surface area contributed by atoms with Crippen LogP contribution in [0.5, 0.6) is 0 Å². The zero-order valence-corrected chi connectivity index (χ0v) is 21.6. The molecule has 0 amide bonds. The highest BCUT2D eigenvalue weighted by Gasteiger charge is 2.30. The van der Waals surface area contributed by atoms with Crippen molar-refractivity contribution < 1.29 is 14.6 Å². The number of nitro benzene ring substituents is 2. The maximum absolute atomic E-state index is 13.9. The predicted octanol–water partition coefficient (Wildman–Crippen LogP) is 7.08. The van der Waals surface area contributed by atoms with Gasteiger partial charge in [-0.2, -0.15) is 0 Å². The predicted molar refractivity (Wildman–Crippen MR) is 152 cm³/mol. The molecule has 0 unspecified atom stereocenters. The molecule has 4 aromatic carbocycles. The summed E-state index contributed by atoms with van der Waals surface area (Å²) in [6.07, 6.45) is 1.33. The van der Waals surface area contributed by atoms with Gasteiger partial charge in [0.05, 0.1) is 26.8 Å². The summed E-state index contributed by atoms with van der Waals surface area (Å²) in [5.41, 5.74) is 2.91. The van der Waals surface area contributed by atoms with E-state index < -0.39 is 27.1 Å². The van der Waals surface area contributed by atoms with Crippen molar-refractivity contribution in [2.45, 2.75) is 13.8 Å². The number of benzene rings is 4. The second-order valence-corrected chi connectivity index (χ2v) is 9.20. The molecular weight excluding hydrogens is 510 g/mol. The normalized spacial score (nSPS) is 10.8. The second kappa shape index (κ2) is 10.6. The lowest BCUT2D eigenvalue weighted by atomic mass is 10.0. The lowest BCUT2D eigenvalue weighted by Crippen LogP contribution is -2.14.